The highest BCUT2D eigenvalue weighted by atomic mass is 16.5. The fourth-order valence-corrected chi connectivity index (χ4v) is 3.64. The standard InChI is InChI=1S/C22H25N3O2/c1-15-13-17(25-9-11-27-12-10-25)7-8-20(15)24-16(2)22(26)19-14-23-21-6-4-3-5-18(19)21/h3-8,13-14,16,23-24H,9-12H2,1-2H3/t16-/m0/s1. The van der Waals surface area contributed by atoms with Gasteiger partial charge in [0.25, 0.3) is 0 Å². The predicted molar refractivity (Wildman–Crippen MR) is 110 cm³/mol. The van der Waals surface area contributed by atoms with Crippen LogP contribution in [0.25, 0.3) is 10.9 Å². The average Bonchev–Trinajstić information content (AvgIpc) is 3.13. The van der Waals surface area contributed by atoms with E-state index in [1.165, 1.54) is 5.69 Å². The van der Waals surface area contributed by atoms with Gasteiger partial charge >= 0.3 is 0 Å². The average molecular weight is 363 g/mol. The zero-order chi connectivity index (χ0) is 18.8. The van der Waals surface area contributed by atoms with Crippen molar-refractivity contribution in [1.29, 1.82) is 0 Å². The number of anilines is 2. The van der Waals surface area contributed by atoms with Gasteiger partial charge in [-0.1, -0.05) is 18.2 Å². The minimum atomic E-state index is -0.308. The van der Waals surface area contributed by atoms with Gasteiger partial charge in [0.1, 0.15) is 0 Å². The van der Waals surface area contributed by atoms with E-state index in [0.29, 0.717) is 0 Å². The molecule has 1 aromatic heterocycles. The molecule has 5 nitrogen and oxygen atoms in total. The number of hydrogen-bond donors (Lipinski definition) is 2. The van der Waals surface area contributed by atoms with Crippen LogP contribution in [0.5, 0.6) is 0 Å². The molecule has 1 saturated heterocycles. The monoisotopic (exact) mass is 363 g/mol. The van der Waals surface area contributed by atoms with E-state index in [2.05, 4.69) is 40.3 Å². The topological polar surface area (TPSA) is 57.4 Å². The Morgan fingerprint density at radius 3 is 2.74 bits per heavy atom. The van der Waals surface area contributed by atoms with E-state index in [1.54, 1.807) is 6.20 Å². The van der Waals surface area contributed by atoms with Gasteiger partial charge in [-0.05, 0) is 43.7 Å². The quantitative estimate of drug-likeness (QED) is 0.673. The molecule has 2 N–H and O–H groups in total. The molecule has 0 bridgehead atoms. The number of benzene rings is 2. The second-order valence-corrected chi connectivity index (χ2v) is 7.08. The van der Waals surface area contributed by atoms with E-state index < -0.39 is 0 Å². The zero-order valence-corrected chi connectivity index (χ0v) is 15.8. The van der Waals surface area contributed by atoms with Crippen LogP contribution in [-0.4, -0.2) is 43.1 Å². The number of H-pyrrole nitrogens is 1. The van der Waals surface area contributed by atoms with Crippen LogP contribution >= 0.6 is 0 Å². The summed E-state index contributed by atoms with van der Waals surface area (Å²) in [7, 11) is 0. The van der Waals surface area contributed by atoms with Crippen LogP contribution in [0.4, 0.5) is 11.4 Å². The number of fused-ring (bicyclic) bond motifs is 1. The fraction of sp³-hybridized carbons (Fsp3) is 0.318. The molecule has 2 aromatic carbocycles. The maximum absolute atomic E-state index is 12.9. The number of hydrogen-bond acceptors (Lipinski definition) is 4. The predicted octanol–water partition coefficient (Wildman–Crippen LogP) is 4.00. The summed E-state index contributed by atoms with van der Waals surface area (Å²) in [5, 5.41) is 4.35. The Bertz CT molecular complexity index is 957. The number of Topliss-reactive ketones (excluding diaryl/α,β-unsaturated/α-hetero) is 1. The van der Waals surface area contributed by atoms with Crippen LogP contribution in [-0.2, 0) is 4.74 Å². The van der Waals surface area contributed by atoms with Crippen molar-refractivity contribution in [3.63, 3.8) is 0 Å². The van der Waals surface area contributed by atoms with Crippen LogP contribution in [0.3, 0.4) is 0 Å². The molecule has 2 heterocycles. The van der Waals surface area contributed by atoms with E-state index >= 15 is 0 Å². The summed E-state index contributed by atoms with van der Waals surface area (Å²) in [5.41, 5.74) is 5.05. The lowest BCUT2D eigenvalue weighted by atomic mass is 10.0. The number of morpholine rings is 1. The molecule has 0 saturated carbocycles. The number of ether oxygens (including phenoxy) is 1. The SMILES string of the molecule is Cc1cc(N2CCOCC2)ccc1N[C@@H](C)C(=O)c1c[nH]c2ccccc12. The highest BCUT2D eigenvalue weighted by Gasteiger charge is 2.19. The first-order valence-electron chi connectivity index (χ1n) is 9.43. The normalized spacial score (nSPS) is 15.7. The second-order valence-electron chi connectivity index (χ2n) is 7.08. The van der Waals surface area contributed by atoms with Gasteiger partial charge in [0.05, 0.1) is 19.3 Å². The lowest BCUT2D eigenvalue weighted by Crippen LogP contribution is -2.36. The van der Waals surface area contributed by atoms with Crippen molar-refractivity contribution in [2.75, 3.05) is 36.5 Å². The molecule has 3 aromatic rings. The number of aromatic nitrogens is 1. The van der Waals surface area contributed by atoms with Gasteiger partial charge < -0.3 is 19.9 Å². The third-order valence-corrected chi connectivity index (χ3v) is 5.21. The first-order valence-corrected chi connectivity index (χ1v) is 9.43. The highest BCUT2D eigenvalue weighted by Crippen LogP contribution is 2.25. The first-order chi connectivity index (χ1) is 13.1. The van der Waals surface area contributed by atoms with Crippen molar-refractivity contribution < 1.29 is 9.53 Å². The summed E-state index contributed by atoms with van der Waals surface area (Å²) < 4.78 is 5.43. The molecule has 1 fully saturated rings. The van der Waals surface area contributed by atoms with Crippen molar-refractivity contribution in [2.24, 2.45) is 0 Å². The molecule has 140 valence electrons. The number of aromatic amines is 1. The molecule has 0 unspecified atom stereocenters. The first kappa shape index (κ1) is 17.6. The van der Waals surface area contributed by atoms with Crippen LogP contribution in [0.2, 0.25) is 0 Å². The van der Waals surface area contributed by atoms with E-state index in [1.807, 2.05) is 31.2 Å². The molecular weight excluding hydrogens is 338 g/mol. The third kappa shape index (κ3) is 3.55. The van der Waals surface area contributed by atoms with Crippen molar-refractivity contribution in [2.45, 2.75) is 19.9 Å². The molecule has 0 amide bonds. The van der Waals surface area contributed by atoms with E-state index in [9.17, 15) is 4.79 Å². The van der Waals surface area contributed by atoms with E-state index in [0.717, 1.165) is 54.0 Å². The summed E-state index contributed by atoms with van der Waals surface area (Å²) in [5.74, 6) is 0.0871. The molecule has 0 aliphatic carbocycles. The van der Waals surface area contributed by atoms with Crippen molar-refractivity contribution in [3.8, 4) is 0 Å². The molecule has 1 aliphatic heterocycles. The number of aryl methyl sites for hydroxylation is 1. The Balaban J connectivity index is 1.50. The van der Waals surface area contributed by atoms with Crippen molar-refractivity contribution >= 4 is 28.1 Å². The highest BCUT2D eigenvalue weighted by molar-refractivity contribution is 6.11. The summed E-state index contributed by atoms with van der Waals surface area (Å²) in [6.45, 7) is 7.38. The fourth-order valence-electron chi connectivity index (χ4n) is 3.64. The molecule has 27 heavy (non-hydrogen) atoms. The summed E-state index contributed by atoms with van der Waals surface area (Å²) in [4.78, 5) is 18.5. The largest absolute Gasteiger partial charge is 0.378 e. The number of nitrogens with one attached hydrogen (secondary N) is 2. The smallest absolute Gasteiger partial charge is 0.186 e. The summed E-state index contributed by atoms with van der Waals surface area (Å²) >= 11 is 0. The van der Waals surface area contributed by atoms with Gasteiger partial charge in [0, 0.05) is 47.1 Å². The third-order valence-electron chi connectivity index (χ3n) is 5.21. The van der Waals surface area contributed by atoms with E-state index in [4.69, 9.17) is 4.74 Å². The number of nitrogens with zero attached hydrogens (tertiary/aromatic N) is 1. The van der Waals surface area contributed by atoms with Gasteiger partial charge in [-0.15, -0.1) is 0 Å². The Hall–Kier alpha value is -2.79. The number of rotatable bonds is 5. The van der Waals surface area contributed by atoms with Gasteiger partial charge in [-0.3, -0.25) is 4.79 Å². The van der Waals surface area contributed by atoms with Gasteiger partial charge in [-0.2, -0.15) is 0 Å². The maximum atomic E-state index is 12.9. The summed E-state index contributed by atoms with van der Waals surface area (Å²) in [6.07, 6.45) is 1.81. The van der Waals surface area contributed by atoms with Gasteiger partial charge in [0.2, 0.25) is 0 Å². The van der Waals surface area contributed by atoms with Crippen LogP contribution in [0.15, 0.2) is 48.7 Å². The minimum absolute atomic E-state index is 0.0871. The van der Waals surface area contributed by atoms with Crippen molar-refractivity contribution in [1.82, 2.24) is 4.98 Å². The molecular formula is C22H25N3O2. The Morgan fingerprint density at radius 1 is 1.19 bits per heavy atom. The molecule has 1 atom stereocenters. The van der Waals surface area contributed by atoms with Gasteiger partial charge in [-0.25, -0.2) is 0 Å². The number of para-hydroxylation sites is 1. The minimum Gasteiger partial charge on any atom is -0.378 e. The zero-order valence-electron chi connectivity index (χ0n) is 15.8. The summed E-state index contributed by atoms with van der Waals surface area (Å²) in [6, 6.07) is 13.9. The van der Waals surface area contributed by atoms with E-state index in [-0.39, 0.29) is 11.8 Å². The van der Waals surface area contributed by atoms with Gasteiger partial charge in [0.15, 0.2) is 5.78 Å². The number of carbonyl (C=O) groups is 1. The molecule has 5 heteroatoms. The lowest BCUT2D eigenvalue weighted by Gasteiger charge is -2.29. The Morgan fingerprint density at radius 2 is 1.96 bits per heavy atom. The molecule has 4 rings (SSSR count). The maximum Gasteiger partial charge on any atom is 0.186 e. The molecule has 0 spiro atoms. The van der Waals surface area contributed by atoms with Crippen LogP contribution < -0.4 is 10.2 Å². The Kier molecular flexibility index (Phi) is 4.86. The number of carbonyl (C=O) groups excluding carboxylic acids is 1. The van der Waals surface area contributed by atoms with Crippen LogP contribution in [0.1, 0.15) is 22.8 Å². The second kappa shape index (κ2) is 7.45. The van der Waals surface area contributed by atoms with Crippen LogP contribution in [0, 0.1) is 6.92 Å². The number of ketones is 1. The molecule has 0 radical (unpaired) electrons. The van der Waals surface area contributed by atoms with Crippen molar-refractivity contribution in [3.05, 3.63) is 59.8 Å². The Labute approximate surface area is 159 Å². The molecule has 1 aliphatic rings. The lowest BCUT2D eigenvalue weighted by molar-refractivity contribution is 0.0977.